The number of carbonyl (C=O) groups is 2. The zero-order valence-electron chi connectivity index (χ0n) is 12.8. The fourth-order valence-corrected chi connectivity index (χ4v) is 3.48. The van der Waals surface area contributed by atoms with E-state index in [0.29, 0.717) is 19.5 Å². The van der Waals surface area contributed by atoms with Gasteiger partial charge in [0, 0.05) is 19.1 Å². The highest BCUT2D eigenvalue weighted by Gasteiger charge is 2.30. The summed E-state index contributed by atoms with van der Waals surface area (Å²) in [5.74, 6) is -1.07. The maximum Gasteiger partial charge on any atom is 0.318 e. The van der Waals surface area contributed by atoms with Gasteiger partial charge >= 0.3 is 12.0 Å². The molecule has 0 saturated heterocycles. The molecule has 0 spiro atoms. The third-order valence-electron chi connectivity index (χ3n) is 4.72. The molecule has 0 bridgehead atoms. The smallest absolute Gasteiger partial charge is 0.318 e. The Labute approximate surface area is 130 Å². The maximum atomic E-state index is 12.4. The lowest BCUT2D eigenvalue weighted by molar-refractivity contribution is -0.143. The standard InChI is InChI=1S/C17H22N2O3/c1-11-5-6-13-9-19(10-14(13)7-11)17(22)18-15-4-2-3-12(8-15)16(20)21/h5-7,12,15H,2-4,8-10H2,1H3,(H,18,22)(H,20,21). The second kappa shape index (κ2) is 5.99. The van der Waals surface area contributed by atoms with Crippen LogP contribution >= 0.6 is 0 Å². The number of carboxylic acids is 1. The lowest BCUT2D eigenvalue weighted by Crippen LogP contribution is -2.45. The van der Waals surface area contributed by atoms with Crippen molar-refractivity contribution in [3.05, 3.63) is 34.9 Å². The van der Waals surface area contributed by atoms with Gasteiger partial charge in [-0.3, -0.25) is 4.79 Å². The average molecular weight is 302 g/mol. The molecule has 0 aromatic heterocycles. The summed E-state index contributed by atoms with van der Waals surface area (Å²) in [7, 11) is 0. The predicted octanol–water partition coefficient (Wildman–Crippen LogP) is 2.66. The number of aliphatic carboxylic acids is 1. The molecular weight excluding hydrogens is 280 g/mol. The molecule has 1 heterocycles. The molecular formula is C17H22N2O3. The van der Waals surface area contributed by atoms with Crippen LogP contribution in [0.4, 0.5) is 4.79 Å². The van der Waals surface area contributed by atoms with Crippen LogP contribution < -0.4 is 5.32 Å². The van der Waals surface area contributed by atoms with Gasteiger partial charge in [-0.25, -0.2) is 4.79 Å². The van der Waals surface area contributed by atoms with Gasteiger partial charge < -0.3 is 15.3 Å². The molecule has 1 fully saturated rings. The summed E-state index contributed by atoms with van der Waals surface area (Å²) >= 11 is 0. The number of carbonyl (C=O) groups excluding carboxylic acids is 1. The molecule has 0 radical (unpaired) electrons. The van der Waals surface area contributed by atoms with Crippen molar-refractivity contribution < 1.29 is 14.7 Å². The fraction of sp³-hybridized carbons (Fsp3) is 0.529. The van der Waals surface area contributed by atoms with Crippen LogP contribution in [0, 0.1) is 12.8 Å². The number of aryl methyl sites for hydroxylation is 1. The molecule has 2 N–H and O–H groups in total. The van der Waals surface area contributed by atoms with E-state index in [-0.39, 0.29) is 18.0 Å². The Morgan fingerprint density at radius 2 is 2.00 bits per heavy atom. The third kappa shape index (κ3) is 3.08. The summed E-state index contributed by atoms with van der Waals surface area (Å²) in [5.41, 5.74) is 3.62. The highest BCUT2D eigenvalue weighted by Crippen LogP contribution is 2.26. The predicted molar refractivity (Wildman–Crippen MR) is 82.3 cm³/mol. The molecule has 5 nitrogen and oxygen atoms in total. The zero-order valence-corrected chi connectivity index (χ0v) is 12.8. The Hall–Kier alpha value is -2.04. The SMILES string of the molecule is Cc1ccc2c(c1)CN(C(=O)NC1CCCC(C(=O)O)C1)C2. The Balaban J connectivity index is 1.58. The number of urea groups is 1. The first-order valence-corrected chi connectivity index (χ1v) is 7.89. The number of fused-ring (bicyclic) bond motifs is 1. The van der Waals surface area contributed by atoms with Crippen LogP contribution in [0.5, 0.6) is 0 Å². The van der Waals surface area contributed by atoms with Crippen LogP contribution in [0.1, 0.15) is 42.4 Å². The third-order valence-corrected chi connectivity index (χ3v) is 4.72. The number of amides is 2. The first-order valence-electron chi connectivity index (χ1n) is 7.89. The van der Waals surface area contributed by atoms with Crippen molar-refractivity contribution >= 4 is 12.0 Å². The van der Waals surface area contributed by atoms with Gasteiger partial charge in [0.25, 0.3) is 0 Å². The maximum absolute atomic E-state index is 12.4. The quantitative estimate of drug-likeness (QED) is 0.882. The van der Waals surface area contributed by atoms with Gasteiger partial charge in [-0.1, -0.05) is 30.2 Å². The van der Waals surface area contributed by atoms with Crippen molar-refractivity contribution in [2.24, 2.45) is 5.92 Å². The molecule has 1 saturated carbocycles. The molecule has 1 aromatic rings. The average Bonchev–Trinajstić information content (AvgIpc) is 2.90. The van der Waals surface area contributed by atoms with Crippen LogP contribution in [-0.4, -0.2) is 28.0 Å². The zero-order chi connectivity index (χ0) is 15.7. The van der Waals surface area contributed by atoms with Crippen LogP contribution in [0.2, 0.25) is 0 Å². The Bertz CT molecular complexity index is 600. The molecule has 118 valence electrons. The van der Waals surface area contributed by atoms with Crippen molar-refractivity contribution in [3.63, 3.8) is 0 Å². The molecule has 1 aliphatic heterocycles. The van der Waals surface area contributed by atoms with Crippen molar-refractivity contribution in [1.29, 1.82) is 0 Å². The summed E-state index contributed by atoms with van der Waals surface area (Å²) in [4.78, 5) is 25.3. The minimum Gasteiger partial charge on any atom is -0.481 e. The molecule has 3 rings (SSSR count). The van der Waals surface area contributed by atoms with Gasteiger partial charge in [0.15, 0.2) is 0 Å². The van der Waals surface area contributed by atoms with Gasteiger partial charge in [0.1, 0.15) is 0 Å². The van der Waals surface area contributed by atoms with Crippen molar-refractivity contribution in [3.8, 4) is 0 Å². The normalized spacial score (nSPS) is 24.0. The number of benzene rings is 1. The van der Waals surface area contributed by atoms with E-state index in [4.69, 9.17) is 5.11 Å². The second-order valence-corrected chi connectivity index (χ2v) is 6.48. The van der Waals surface area contributed by atoms with E-state index in [0.717, 1.165) is 19.3 Å². The fourth-order valence-electron chi connectivity index (χ4n) is 3.48. The Morgan fingerprint density at radius 3 is 2.77 bits per heavy atom. The number of nitrogens with one attached hydrogen (secondary N) is 1. The highest BCUT2D eigenvalue weighted by molar-refractivity contribution is 5.76. The van der Waals surface area contributed by atoms with E-state index in [1.165, 1.54) is 16.7 Å². The molecule has 2 amide bonds. The monoisotopic (exact) mass is 302 g/mol. The van der Waals surface area contributed by atoms with Crippen LogP contribution in [0.15, 0.2) is 18.2 Å². The van der Waals surface area contributed by atoms with E-state index in [9.17, 15) is 9.59 Å². The van der Waals surface area contributed by atoms with Crippen molar-refractivity contribution in [1.82, 2.24) is 10.2 Å². The summed E-state index contributed by atoms with van der Waals surface area (Å²) in [5, 5.41) is 12.1. The molecule has 1 aromatic carbocycles. The Morgan fingerprint density at radius 1 is 1.23 bits per heavy atom. The van der Waals surface area contributed by atoms with E-state index in [1.807, 2.05) is 0 Å². The number of carboxylic acid groups (broad SMARTS) is 1. The second-order valence-electron chi connectivity index (χ2n) is 6.48. The van der Waals surface area contributed by atoms with Crippen molar-refractivity contribution in [2.45, 2.75) is 51.7 Å². The van der Waals surface area contributed by atoms with Gasteiger partial charge in [-0.2, -0.15) is 0 Å². The molecule has 5 heteroatoms. The van der Waals surface area contributed by atoms with Crippen LogP contribution in [-0.2, 0) is 17.9 Å². The van der Waals surface area contributed by atoms with Crippen LogP contribution in [0.25, 0.3) is 0 Å². The summed E-state index contributed by atoms with van der Waals surface area (Å²) in [6.07, 6.45) is 2.99. The molecule has 1 aliphatic carbocycles. The first kappa shape index (κ1) is 14.9. The number of hydrogen-bond acceptors (Lipinski definition) is 2. The van der Waals surface area contributed by atoms with E-state index < -0.39 is 5.97 Å². The number of hydrogen-bond donors (Lipinski definition) is 2. The summed E-state index contributed by atoms with van der Waals surface area (Å²) in [6, 6.07) is 6.18. The highest BCUT2D eigenvalue weighted by atomic mass is 16.4. The van der Waals surface area contributed by atoms with Gasteiger partial charge in [0.05, 0.1) is 5.92 Å². The largest absolute Gasteiger partial charge is 0.481 e. The summed E-state index contributed by atoms with van der Waals surface area (Å²) < 4.78 is 0. The van der Waals surface area contributed by atoms with Gasteiger partial charge in [0.2, 0.25) is 0 Å². The van der Waals surface area contributed by atoms with E-state index >= 15 is 0 Å². The van der Waals surface area contributed by atoms with Crippen molar-refractivity contribution in [2.75, 3.05) is 0 Å². The minimum absolute atomic E-state index is 0.0206. The molecule has 22 heavy (non-hydrogen) atoms. The van der Waals surface area contributed by atoms with E-state index in [2.05, 4.69) is 30.4 Å². The lowest BCUT2D eigenvalue weighted by atomic mass is 9.86. The summed E-state index contributed by atoms with van der Waals surface area (Å²) in [6.45, 7) is 3.32. The lowest BCUT2D eigenvalue weighted by Gasteiger charge is -2.29. The first-order chi connectivity index (χ1) is 10.5. The minimum atomic E-state index is -0.747. The van der Waals surface area contributed by atoms with Gasteiger partial charge in [-0.15, -0.1) is 0 Å². The molecule has 2 unspecified atom stereocenters. The Kier molecular flexibility index (Phi) is 4.05. The molecule has 2 atom stereocenters. The molecule has 2 aliphatic rings. The van der Waals surface area contributed by atoms with Crippen LogP contribution in [0.3, 0.4) is 0 Å². The van der Waals surface area contributed by atoms with Gasteiger partial charge in [-0.05, 0) is 37.3 Å². The van der Waals surface area contributed by atoms with E-state index in [1.54, 1.807) is 4.90 Å². The number of nitrogens with zero attached hydrogens (tertiary/aromatic N) is 1. The number of rotatable bonds is 2. The topological polar surface area (TPSA) is 69.6 Å².